The normalized spacial score (nSPS) is 39.9. The van der Waals surface area contributed by atoms with Gasteiger partial charge >= 0.3 is 6.18 Å². The Bertz CT molecular complexity index is 897. The number of nitrogens with zero attached hydrogens (tertiary/aromatic N) is 3. The highest BCUT2D eigenvalue weighted by Crippen LogP contribution is 2.53. The Kier molecular flexibility index (Phi) is 8.44. The Hall–Kier alpha value is -0.980. The molecule has 4 saturated heterocycles. The van der Waals surface area contributed by atoms with Crippen LogP contribution in [0.25, 0.3) is 0 Å². The molecule has 1 amide bonds. The van der Waals surface area contributed by atoms with Crippen molar-refractivity contribution in [3.8, 4) is 0 Å². The smallest absolute Gasteiger partial charge is 0.381 e. The first-order valence-corrected chi connectivity index (χ1v) is 15.6. The molecule has 0 spiro atoms. The molecule has 0 radical (unpaired) electrons. The van der Waals surface area contributed by atoms with Crippen molar-refractivity contribution in [3.63, 3.8) is 0 Å². The topological polar surface area (TPSA) is 69.3 Å². The lowest BCUT2D eigenvalue weighted by Gasteiger charge is -2.52. The summed E-state index contributed by atoms with van der Waals surface area (Å²) in [6, 6.07) is 0.0436. The molecule has 0 aromatic heterocycles. The van der Waals surface area contributed by atoms with Crippen LogP contribution in [-0.2, 0) is 14.3 Å². The van der Waals surface area contributed by atoms with Crippen LogP contribution in [0.1, 0.15) is 57.8 Å². The molecule has 4 aliphatic heterocycles. The molecular formula is C29H48F3N5O3. The first-order chi connectivity index (χ1) is 19.2. The number of hydrazine groups is 1. The van der Waals surface area contributed by atoms with E-state index in [1.54, 1.807) is 7.11 Å². The molecular weight excluding hydrogens is 523 g/mol. The molecule has 2 N–H and O–H groups in total. The molecule has 4 heterocycles. The van der Waals surface area contributed by atoms with Gasteiger partial charge in [0, 0.05) is 50.7 Å². The summed E-state index contributed by atoms with van der Waals surface area (Å²) in [6.07, 6.45) is 3.69. The van der Waals surface area contributed by atoms with Crippen LogP contribution < -0.4 is 10.9 Å². The summed E-state index contributed by atoms with van der Waals surface area (Å²) in [6.45, 7) is 4.91. The van der Waals surface area contributed by atoms with Gasteiger partial charge in [-0.05, 0) is 76.2 Å². The third kappa shape index (κ3) is 5.67. The first-order valence-electron chi connectivity index (χ1n) is 15.6. The number of fused-ring (bicyclic) bond motifs is 1. The summed E-state index contributed by atoms with van der Waals surface area (Å²) < 4.78 is 54.5. The lowest BCUT2D eigenvalue weighted by molar-refractivity contribution is -0.204. The summed E-state index contributed by atoms with van der Waals surface area (Å²) in [5, 5.41) is 0. The number of alkyl halides is 3. The molecule has 11 heteroatoms. The highest BCUT2D eigenvalue weighted by molar-refractivity contribution is 5.82. The van der Waals surface area contributed by atoms with E-state index in [1.807, 2.05) is 4.90 Å². The van der Waals surface area contributed by atoms with Crippen LogP contribution in [0, 0.1) is 35.0 Å². The van der Waals surface area contributed by atoms with Gasteiger partial charge < -0.3 is 19.3 Å². The lowest BCUT2D eigenvalue weighted by Crippen LogP contribution is -2.56. The number of halogens is 3. The highest BCUT2D eigenvalue weighted by atomic mass is 19.4. The van der Waals surface area contributed by atoms with Gasteiger partial charge in [-0.15, -0.1) is 0 Å². The van der Waals surface area contributed by atoms with Gasteiger partial charge in [0.05, 0.1) is 38.1 Å². The Balaban J connectivity index is 1.13. The second-order valence-corrected chi connectivity index (χ2v) is 13.8. The summed E-state index contributed by atoms with van der Waals surface area (Å²) in [5.41, 5.74) is 6.66. The monoisotopic (exact) mass is 571 g/mol. The van der Waals surface area contributed by atoms with E-state index in [0.717, 1.165) is 77.9 Å². The third-order valence-electron chi connectivity index (χ3n) is 11.5. The van der Waals surface area contributed by atoms with Crippen molar-refractivity contribution in [2.75, 3.05) is 60.2 Å². The van der Waals surface area contributed by atoms with Crippen LogP contribution >= 0.6 is 0 Å². The number of piperidine rings is 1. The van der Waals surface area contributed by atoms with Gasteiger partial charge in [-0.2, -0.15) is 13.2 Å². The second kappa shape index (κ2) is 11.6. The maximum absolute atomic E-state index is 14.4. The van der Waals surface area contributed by atoms with Gasteiger partial charge in [-0.3, -0.25) is 9.69 Å². The van der Waals surface area contributed by atoms with Crippen LogP contribution in [0.4, 0.5) is 13.2 Å². The maximum Gasteiger partial charge on any atom is 0.392 e. The Morgan fingerprint density at radius 2 is 1.88 bits per heavy atom. The SMILES string of the molecule is COC1CCN(CC2CC3C(=O)N(C4CCCC(C5(CC6NNCN6C)COC5)C4)CC3C(C(F)(F)F)C2)CC1. The molecule has 228 valence electrons. The number of hydrogen-bond acceptors (Lipinski definition) is 7. The zero-order chi connectivity index (χ0) is 28.1. The summed E-state index contributed by atoms with van der Waals surface area (Å²) in [4.78, 5) is 20.3. The minimum absolute atomic E-state index is 0.00649. The maximum atomic E-state index is 14.4. The number of rotatable bonds is 7. The standard InChI is InChI=1S/C29H48F3N5O3/c1-35-18-33-34-26(35)13-28(16-40-17-28)20-4-3-5-21(12-20)37-15-24-23(27(37)38)10-19(11-25(24)29(30,31)32)14-36-8-6-22(39-2)7-9-36/h19-26,33-34H,3-18H2,1-2H3. The number of methoxy groups -OCH3 is 1. The predicted molar refractivity (Wildman–Crippen MR) is 144 cm³/mol. The molecule has 2 aliphatic carbocycles. The van der Waals surface area contributed by atoms with E-state index in [0.29, 0.717) is 18.9 Å². The molecule has 0 bridgehead atoms. The van der Waals surface area contributed by atoms with Crippen LogP contribution in [0.3, 0.4) is 0 Å². The van der Waals surface area contributed by atoms with Gasteiger partial charge in [-0.25, -0.2) is 10.9 Å². The molecule has 6 aliphatic rings. The quantitative estimate of drug-likeness (QED) is 0.487. The number of nitrogens with one attached hydrogen (secondary N) is 2. The van der Waals surface area contributed by atoms with Gasteiger partial charge in [-0.1, -0.05) is 6.42 Å². The van der Waals surface area contributed by atoms with Crippen molar-refractivity contribution < 1.29 is 27.4 Å². The lowest BCUT2D eigenvalue weighted by atomic mass is 9.64. The van der Waals surface area contributed by atoms with Crippen molar-refractivity contribution in [2.24, 2.45) is 35.0 Å². The molecule has 6 rings (SSSR count). The van der Waals surface area contributed by atoms with E-state index in [-0.39, 0.29) is 48.5 Å². The number of hydrogen-bond donors (Lipinski definition) is 2. The molecule has 7 atom stereocenters. The number of amides is 1. The van der Waals surface area contributed by atoms with Crippen molar-refractivity contribution in [3.05, 3.63) is 0 Å². The highest BCUT2D eigenvalue weighted by Gasteiger charge is 2.58. The van der Waals surface area contributed by atoms with Gasteiger partial charge in [0.15, 0.2) is 0 Å². The third-order valence-corrected chi connectivity index (χ3v) is 11.5. The summed E-state index contributed by atoms with van der Waals surface area (Å²) >= 11 is 0. The van der Waals surface area contributed by atoms with Gasteiger partial charge in [0.1, 0.15) is 0 Å². The van der Waals surface area contributed by atoms with Crippen LogP contribution in [0.15, 0.2) is 0 Å². The van der Waals surface area contributed by atoms with Crippen molar-refractivity contribution in [1.29, 1.82) is 0 Å². The number of carbonyl (C=O) groups excluding carboxylic acids is 1. The van der Waals surface area contributed by atoms with Crippen molar-refractivity contribution in [1.82, 2.24) is 25.6 Å². The fraction of sp³-hybridized carbons (Fsp3) is 0.966. The number of ether oxygens (including phenoxy) is 2. The number of likely N-dealkylation sites (tertiary alicyclic amines) is 2. The molecule has 6 fully saturated rings. The molecule has 7 unspecified atom stereocenters. The van der Waals surface area contributed by atoms with Gasteiger partial charge in [0.25, 0.3) is 0 Å². The Morgan fingerprint density at radius 3 is 2.50 bits per heavy atom. The molecule has 8 nitrogen and oxygen atoms in total. The summed E-state index contributed by atoms with van der Waals surface area (Å²) in [7, 11) is 3.83. The van der Waals surface area contributed by atoms with Crippen molar-refractivity contribution >= 4 is 5.91 Å². The zero-order valence-corrected chi connectivity index (χ0v) is 24.1. The molecule has 40 heavy (non-hydrogen) atoms. The largest absolute Gasteiger partial charge is 0.392 e. The fourth-order valence-corrected chi connectivity index (χ4v) is 9.05. The summed E-state index contributed by atoms with van der Waals surface area (Å²) in [5.74, 6) is -2.16. The minimum atomic E-state index is -4.27. The second-order valence-electron chi connectivity index (χ2n) is 13.8. The minimum Gasteiger partial charge on any atom is -0.381 e. The Labute approximate surface area is 236 Å². The van der Waals surface area contributed by atoms with E-state index in [9.17, 15) is 18.0 Å². The molecule has 0 aromatic carbocycles. The van der Waals surface area contributed by atoms with E-state index in [2.05, 4.69) is 27.7 Å². The predicted octanol–water partition coefficient (Wildman–Crippen LogP) is 3.05. The number of carbonyl (C=O) groups is 1. The first kappa shape index (κ1) is 29.1. The fourth-order valence-electron chi connectivity index (χ4n) is 9.05. The van der Waals surface area contributed by atoms with E-state index in [4.69, 9.17) is 9.47 Å². The van der Waals surface area contributed by atoms with Gasteiger partial charge in [0.2, 0.25) is 5.91 Å². The van der Waals surface area contributed by atoms with Crippen molar-refractivity contribution in [2.45, 2.75) is 82.3 Å². The van der Waals surface area contributed by atoms with E-state index in [1.165, 1.54) is 0 Å². The average Bonchev–Trinajstić information content (AvgIpc) is 3.48. The van der Waals surface area contributed by atoms with Crippen LogP contribution in [0.2, 0.25) is 0 Å². The van der Waals surface area contributed by atoms with E-state index >= 15 is 0 Å². The zero-order valence-electron chi connectivity index (χ0n) is 24.1. The van der Waals surface area contributed by atoms with Crippen LogP contribution in [-0.4, -0.2) is 105 Å². The molecule has 2 saturated carbocycles. The average molecular weight is 572 g/mol. The molecule has 0 aromatic rings. The van der Waals surface area contributed by atoms with E-state index < -0.39 is 23.9 Å². The van der Waals surface area contributed by atoms with Crippen LogP contribution in [0.5, 0.6) is 0 Å². The Morgan fingerprint density at radius 1 is 1.10 bits per heavy atom.